The van der Waals surface area contributed by atoms with E-state index in [0.717, 1.165) is 44.9 Å². The molecule has 0 saturated carbocycles. The van der Waals surface area contributed by atoms with Crippen molar-refractivity contribution in [2.45, 2.75) is 18.9 Å². The minimum Gasteiger partial charge on any atom is -0.494 e. The number of ether oxygens (including phenoxy) is 2. The van der Waals surface area contributed by atoms with Crippen molar-refractivity contribution < 1.29 is 9.47 Å². The average Bonchev–Trinajstić information content (AvgIpc) is 2.83. The van der Waals surface area contributed by atoms with Gasteiger partial charge in [0.1, 0.15) is 5.75 Å². The second-order valence-corrected chi connectivity index (χ2v) is 4.00. The quantitative estimate of drug-likeness (QED) is 0.743. The standard InChI is InChI=1S/C13H19NO2/c1-2-5-12(6-3-1)15-9-4-10-16-13-7-8-14-11-13/h1-3,5-6,13-14H,4,7-11H2. The van der Waals surface area contributed by atoms with Gasteiger partial charge in [0.05, 0.1) is 19.3 Å². The van der Waals surface area contributed by atoms with Crippen LogP contribution in [0.3, 0.4) is 0 Å². The molecule has 1 atom stereocenters. The van der Waals surface area contributed by atoms with Gasteiger partial charge in [0.15, 0.2) is 0 Å². The molecule has 3 heteroatoms. The van der Waals surface area contributed by atoms with Gasteiger partial charge in [-0.3, -0.25) is 0 Å². The molecule has 1 aliphatic rings. The summed E-state index contributed by atoms with van der Waals surface area (Å²) in [5.41, 5.74) is 0. The maximum absolute atomic E-state index is 5.70. The van der Waals surface area contributed by atoms with E-state index in [4.69, 9.17) is 9.47 Å². The molecule has 16 heavy (non-hydrogen) atoms. The highest BCUT2D eigenvalue weighted by atomic mass is 16.5. The largest absolute Gasteiger partial charge is 0.494 e. The summed E-state index contributed by atoms with van der Waals surface area (Å²) in [4.78, 5) is 0. The Bertz CT molecular complexity index is 283. The first kappa shape index (κ1) is 11.4. The smallest absolute Gasteiger partial charge is 0.119 e. The summed E-state index contributed by atoms with van der Waals surface area (Å²) in [6.07, 6.45) is 2.50. The fraction of sp³-hybridized carbons (Fsp3) is 0.538. The average molecular weight is 221 g/mol. The molecule has 0 aliphatic carbocycles. The van der Waals surface area contributed by atoms with Gasteiger partial charge < -0.3 is 14.8 Å². The van der Waals surface area contributed by atoms with Crippen LogP contribution in [0.4, 0.5) is 0 Å². The lowest BCUT2D eigenvalue weighted by molar-refractivity contribution is 0.0586. The van der Waals surface area contributed by atoms with E-state index in [1.807, 2.05) is 30.3 Å². The van der Waals surface area contributed by atoms with Crippen molar-refractivity contribution in [2.75, 3.05) is 26.3 Å². The van der Waals surface area contributed by atoms with Crippen LogP contribution in [0.5, 0.6) is 5.75 Å². The van der Waals surface area contributed by atoms with Gasteiger partial charge in [0.2, 0.25) is 0 Å². The highest BCUT2D eigenvalue weighted by molar-refractivity contribution is 5.20. The summed E-state index contributed by atoms with van der Waals surface area (Å²) >= 11 is 0. The molecular formula is C13H19NO2. The Morgan fingerprint density at radius 3 is 2.81 bits per heavy atom. The molecule has 1 aromatic carbocycles. The van der Waals surface area contributed by atoms with E-state index in [1.54, 1.807) is 0 Å². The zero-order chi connectivity index (χ0) is 11.1. The summed E-state index contributed by atoms with van der Waals surface area (Å²) in [6, 6.07) is 9.90. The molecule has 1 aromatic rings. The highest BCUT2D eigenvalue weighted by Crippen LogP contribution is 2.09. The van der Waals surface area contributed by atoms with Crippen LogP contribution in [0.2, 0.25) is 0 Å². The molecule has 2 rings (SSSR count). The molecule has 0 amide bonds. The number of hydrogen-bond acceptors (Lipinski definition) is 3. The first-order valence-corrected chi connectivity index (χ1v) is 5.95. The van der Waals surface area contributed by atoms with Gasteiger partial charge in [0.25, 0.3) is 0 Å². The monoisotopic (exact) mass is 221 g/mol. The zero-order valence-corrected chi connectivity index (χ0v) is 9.52. The topological polar surface area (TPSA) is 30.5 Å². The molecular weight excluding hydrogens is 202 g/mol. The van der Waals surface area contributed by atoms with Gasteiger partial charge in [-0.05, 0) is 25.1 Å². The second kappa shape index (κ2) is 6.51. The summed E-state index contributed by atoms with van der Waals surface area (Å²) in [5, 5.41) is 3.28. The van der Waals surface area contributed by atoms with Crippen molar-refractivity contribution in [3.63, 3.8) is 0 Å². The van der Waals surface area contributed by atoms with Crippen molar-refractivity contribution in [1.82, 2.24) is 5.32 Å². The van der Waals surface area contributed by atoms with Crippen LogP contribution in [-0.4, -0.2) is 32.4 Å². The Morgan fingerprint density at radius 2 is 2.06 bits per heavy atom. The van der Waals surface area contributed by atoms with Gasteiger partial charge in [-0.1, -0.05) is 18.2 Å². The molecule has 0 bridgehead atoms. The number of hydrogen-bond donors (Lipinski definition) is 1. The first-order valence-electron chi connectivity index (χ1n) is 5.95. The number of nitrogens with one attached hydrogen (secondary N) is 1. The normalized spacial score (nSPS) is 19.9. The van der Waals surface area contributed by atoms with Crippen molar-refractivity contribution in [2.24, 2.45) is 0 Å². The predicted octanol–water partition coefficient (Wildman–Crippen LogP) is 1.83. The van der Waals surface area contributed by atoms with Crippen molar-refractivity contribution in [1.29, 1.82) is 0 Å². The molecule has 0 aromatic heterocycles. The van der Waals surface area contributed by atoms with Crippen LogP contribution in [0, 0.1) is 0 Å². The SMILES string of the molecule is c1ccc(OCCCOC2CCNC2)cc1. The summed E-state index contributed by atoms with van der Waals surface area (Å²) in [6.45, 7) is 3.61. The summed E-state index contributed by atoms with van der Waals surface area (Å²) in [7, 11) is 0. The van der Waals surface area contributed by atoms with Crippen LogP contribution >= 0.6 is 0 Å². The number of para-hydroxylation sites is 1. The van der Waals surface area contributed by atoms with Gasteiger partial charge in [-0.2, -0.15) is 0 Å². The minimum absolute atomic E-state index is 0.414. The van der Waals surface area contributed by atoms with Gasteiger partial charge in [-0.15, -0.1) is 0 Å². The van der Waals surface area contributed by atoms with Crippen molar-refractivity contribution in [3.8, 4) is 5.75 Å². The summed E-state index contributed by atoms with van der Waals surface area (Å²) in [5.74, 6) is 0.935. The van der Waals surface area contributed by atoms with Crippen molar-refractivity contribution >= 4 is 0 Å². The predicted molar refractivity (Wildman–Crippen MR) is 63.8 cm³/mol. The maximum Gasteiger partial charge on any atom is 0.119 e. The molecule has 1 aliphatic heterocycles. The first-order chi connectivity index (χ1) is 7.95. The van der Waals surface area contributed by atoms with Crippen LogP contribution in [0.25, 0.3) is 0 Å². The Balaban J connectivity index is 1.52. The molecule has 0 radical (unpaired) electrons. The van der Waals surface area contributed by atoms with E-state index in [1.165, 1.54) is 0 Å². The van der Waals surface area contributed by atoms with Crippen LogP contribution < -0.4 is 10.1 Å². The molecule has 1 heterocycles. The van der Waals surface area contributed by atoms with E-state index in [-0.39, 0.29) is 0 Å². The number of rotatable bonds is 6. The van der Waals surface area contributed by atoms with E-state index in [2.05, 4.69) is 5.32 Å². The maximum atomic E-state index is 5.70. The molecule has 0 spiro atoms. The third kappa shape index (κ3) is 3.83. The third-order valence-corrected chi connectivity index (χ3v) is 2.67. The van der Waals surface area contributed by atoms with Crippen LogP contribution in [-0.2, 0) is 4.74 Å². The lowest BCUT2D eigenvalue weighted by Crippen LogP contribution is -2.18. The Hall–Kier alpha value is -1.06. The van der Waals surface area contributed by atoms with Gasteiger partial charge >= 0.3 is 0 Å². The van der Waals surface area contributed by atoms with Gasteiger partial charge in [0, 0.05) is 13.0 Å². The zero-order valence-electron chi connectivity index (χ0n) is 9.52. The van der Waals surface area contributed by atoms with E-state index in [9.17, 15) is 0 Å². The number of benzene rings is 1. The Labute approximate surface area is 96.8 Å². The Morgan fingerprint density at radius 1 is 1.19 bits per heavy atom. The molecule has 1 N–H and O–H groups in total. The Kier molecular flexibility index (Phi) is 4.65. The van der Waals surface area contributed by atoms with Crippen LogP contribution in [0.15, 0.2) is 30.3 Å². The minimum atomic E-state index is 0.414. The van der Waals surface area contributed by atoms with Crippen LogP contribution in [0.1, 0.15) is 12.8 Å². The fourth-order valence-electron chi connectivity index (χ4n) is 1.79. The van der Waals surface area contributed by atoms with E-state index >= 15 is 0 Å². The highest BCUT2D eigenvalue weighted by Gasteiger charge is 2.13. The molecule has 1 fully saturated rings. The molecule has 1 unspecified atom stereocenters. The van der Waals surface area contributed by atoms with E-state index < -0.39 is 0 Å². The summed E-state index contributed by atoms with van der Waals surface area (Å²) < 4.78 is 11.3. The van der Waals surface area contributed by atoms with Crippen molar-refractivity contribution in [3.05, 3.63) is 30.3 Å². The fourth-order valence-corrected chi connectivity index (χ4v) is 1.79. The molecule has 1 saturated heterocycles. The second-order valence-electron chi connectivity index (χ2n) is 4.00. The van der Waals surface area contributed by atoms with E-state index in [0.29, 0.717) is 6.10 Å². The molecule has 88 valence electrons. The molecule has 3 nitrogen and oxygen atoms in total. The third-order valence-electron chi connectivity index (χ3n) is 2.67. The van der Waals surface area contributed by atoms with Gasteiger partial charge in [-0.25, -0.2) is 0 Å². The lowest BCUT2D eigenvalue weighted by Gasteiger charge is -2.10. The lowest BCUT2D eigenvalue weighted by atomic mass is 10.3.